The van der Waals surface area contributed by atoms with E-state index in [0.29, 0.717) is 10.1 Å². The predicted octanol–water partition coefficient (Wildman–Crippen LogP) is 1.91. The molecule has 0 bridgehead atoms. The predicted molar refractivity (Wildman–Crippen MR) is 78.1 cm³/mol. The monoisotopic (exact) mass is 372 g/mol. The summed E-state index contributed by atoms with van der Waals surface area (Å²) in [6.07, 6.45) is 5.47. The van der Waals surface area contributed by atoms with E-state index in [4.69, 9.17) is 0 Å². The van der Waals surface area contributed by atoms with Crippen LogP contribution in [0.25, 0.3) is 4.96 Å². The van der Waals surface area contributed by atoms with Gasteiger partial charge in [0.15, 0.2) is 4.96 Å². The summed E-state index contributed by atoms with van der Waals surface area (Å²) in [7, 11) is 0. The zero-order valence-corrected chi connectivity index (χ0v) is 12.5. The molecule has 0 aromatic carbocycles. The molecule has 18 heavy (non-hydrogen) atoms. The van der Waals surface area contributed by atoms with Crippen molar-refractivity contribution in [2.45, 2.75) is 13.5 Å². The van der Waals surface area contributed by atoms with E-state index in [1.54, 1.807) is 22.2 Å². The molecule has 0 N–H and O–H groups in total. The van der Waals surface area contributed by atoms with Gasteiger partial charge in [-0.2, -0.15) is 0 Å². The third kappa shape index (κ3) is 1.97. The van der Waals surface area contributed by atoms with E-state index in [0.717, 1.165) is 16.3 Å². The molecule has 0 aliphatic carbocycles. The van der Waals surface area contributed by atoms with E-state index >= 15 is 0 Å². The lowest BCUT2D eigenvalue weighted by molar-refractivity contribution is 0.711. The summed E-state index contributed by atoms with van der Waals surface area (Å²) < 4.78 is 4.20. The Hall–Kier alpha value is -1.22. The molecule has 3 rings (SSSR count). The van der Waals surface area contributed by atoms with Gasteiger partial charge in [0.1, 0.15) is 0 Å². The summed E-state index contributed by atoms with van der Waals surface area (Å²) in [5.74, 6) is 0. The van der Waals surface area contributed by atoms with Crippen molar-refractivity contribution in [3.8, 4) is 0 Å². The average molecular weight is 372 g/mol. The first-order valence-electron chi connectivity index (χ1n) is 5.28. The Labute approximate surface area is 120 Å². The Morgan fingerprint density at radius 2 is 2.33 bits per heavy atom. The number of aryl methyl sites for hydroxylation is 1. The second kappa shape index (κ2) is 4.47. The number of fused-ring (bicyclic) bond motifs is 1. The molecule has 3 aromatic rings. The average Bonchev–Trinajstić information content (AvgIpc) is 2.90. The SMILES string of the molecule is Cc1ncn(Cc2cn3ccsc3n2)c(=O)c1I. The summed E-state index contributed by atoms with van der Waals surface area (Å²) in [4.78, 5) is 21.6. The highest BCUT2D eigenvalue weighted by molar-refractivity contribution is 14.1. The number of nitrogens with zero attached hydrogens (tertiary/aromatic N) is 4. The smallest absolute Gasteiger partial charge is 0.267 e. The minimum Gasteiger partial charge on any atom is -0.297 e. The topological polar surface area (TPSA) is 52.2 Å². The molecular weight excluding hydrogens is 363 g/mol. The van der Waals surface area contributed by atoms with Crippen molar-refractivity contribution in [3.05, 3.63) is 49.4 Å². The fourth-order valence-electron chi connectivity index (χ4n) is 1.69. The van der Waals surface area contributed by atoms with Crippen molar-refractivity contribution in [3.63, 3.8) is 0 Å². The number of hydrogen-bond acceptors (Lipinski definition) is 4. The molecule has 3 heterocycles. The molecule has 0 aliphatic heterocycles. The lowest BCUT2D eigenvalue weighted by Crippen LogP contribution is -2.24. The van der Waals surface area contributed by atoms with Gasteiger partial charge in [-0.25, -0.2) is 9.97 Å². The molecule has 0 atom stereocenters. The molecule has 0 spiro atoms. The van der Waals surface area contributed by atoms with Crippen molar-refractivity contribution in [2.24, 2.45) is 0 Å². The highest BCUT2D eigenvalue weighted by Gasteiger charge is 2.08. The molecule has 0 fully saturated rings. The third-order valence-electron chi connectivity index (χ3n) is 2.63. The van der Waals surface area contributed by atoms with Gasteiger partial charge < -0.3 is 0 Å². The van der Waals surface area contributed by atoms with Crippen LogP contribution in [0.2, 0.25) is 0 Å². The van der Waals surface area contributed by atoms with E-state index in [9.17, 15) is 4.79 Å². The lowest BCUT2D eigenvalue weighted by Gasteiger charge is -2.04. The van der Waals surface area contributed by atoms with Crippen molar-refractivity contribution in [1.29, 1.82) is 0 Å². The summed E-state index contributed by atoms with van der Waals surface area (Å²) in [5.41, 5.74) is 1.62. The van der Waals surface area contributed by atoms with Crippen molar-refractivity contribution in [2.75, 3.05) is 0 Å². The van der Waals surface area contributed by atoms with Gasteiger partial charge in [0.25, 0.3) is 5.56 Å². The maximum Gasteiger partial charge on any atom is 0.267 e. The molecule has 0 saturated heterocycles. The fourth-order valence-corrected chi connectivity index (χ4v) is 2.85. The van der Waals surface area contributed by atoms with Crippen LogP contribution >= 0.6 is 33.9 Å². The van der Waals surface area contributed by atoms with Crippen molar-refractivity contribution >= 4 is 38.9 Å². The van der Waals surface area contributed by atoms with E-state index < -0.39 is 0 Å². The second-order valence-electron chi connectivity index (χ2n) is 3.90. The molecule has 7 heteroatoms. The van der Waals surface area contributed by atoms with Crippen LogP contribution in [-0.4, -0.2) is 18.9 Å². The van der Waals surface area contributed by atoms with Crippen LogP contribution in [-0.2, 0) is 6.54 Å². The molecule has 5 nitrogen and oxygen atoms in total. The minimum atomic E-state index is -0.0144. The highest BCUT2D eigenvalue weighted by Crippen LogP contribution is 2.12. The van der Waals surface area contributed by atoms with Crippen LogP contribution in [0.4, 0.5) is 0 Å². The second-order valence-corrected chi connectivity index (χ2v) is 5.85. The van der Waals surface area contributed by atoms with Gasteiger partial charge in [-0.05, 0) is 29.5 Å². The van der Waals surface area contributed by atoms with E-state index in [1.165, 1.54) is 0 Å². The van der Waals surface area contributed by atoms with E-state index in [2.05, 4.69) is 9.97 Å². The quantitative estimate of drug-likeness (QED) is 0.646. The molecule has 0 saturated carbocycles. The Morgan fingerprint density at radius 3 is 3.11 bits per heavy atom. The first kappa shape index (κ1) is 11.8. The van der Waals surface area contributed by atoms with Crippen LogP contribution in [0.5, 0.6) is 0 Å². The van der Waals surface area contributed by atoms with Crippen molar-refractivity contribution < 1.29 is 0 Å². The van der Waals surface area contributed by atoms with Gasteiger partial charge >= 0.3 is 0 Å². The van der Waals surface area contributed by atoms with Crippen LogP contribution < -0.4 is 5.56 Å². The van der Waals surface area contributed by atoms with Gasteiger partial charge in [-0.15, -0.1) is 11.3 Å². The van der Waals surface area contributed by atoms with E-state index in [-0.39, 0.29) is 5.56 Å². The number of imidazole rings is 1. The number of rotatable bonds is 2. The van der Waals surface area contributed by atoms with Gasteiger partial charge in [-0.3, -0.25) is 13.8 Å². The van der Waals surface area contributed by atoms with Gasteiger partial charge in [0.05, 0.1) is 27.8 Å². The maximum atomic E-state index is 12.0. The Bertz CT molecular complexity index is 744. The number of aromatic nitrogens is 4. The zero-order chi connectivity index (χ0) is 12.7. The first-order valence-corrected chi connectivity index (χ1v) is 7.23. The summed E-state index contributed by atoms with van der Waals surface area (Å²) >= 11 is 3.61. The summed E-state index contributed by atoms with van der Waals surface area (Å²) in [5, 5.41) is 1.98. The fraction of sp³-hybridized carbons (Fsp3) is 0.182. The largest absolute Gasteiger partial charge is 0.297 e. The van der Waals surface area contributed by atoms with Crippen LogP contribution in [0.15, 0.2) is 28.9 Å². The minimum absolute atomic E-state index is 0.0144. The number of halogens is 1. The van der Waals surface area contributed by atoms with Crippen LogP contribution in [0.3, 0.4) is 0 Å². The standard InChI is InChI=1S/C11H9IN4OS/c1-7-9(12)10(17)16(6-13-7)5-8-4-15-2-3-18-11(15)14-8/h2-4,6H,5H2,1H3. The molecule has 0 amide bonds. The first-order chi connectivity index (χ1) is 8.65. The number of thiazole rings is 1. The normalized spacial score (nSPS) is 11.2. The van der Waals surface area contributed by atoms with E-state index in [1.807, 2.05) is 51.7 Å². The van der Waals surface area contributed by atoms with Crippen LogP contribution in [0, 0.1) is 10.5 Å². The Morgan fingerprint density at radius 1 is 1.50 bits per heavy atom. The van der Waals surface area contributed by atoms with Crippen LogP contribution in [0.1, 0.15) is 11.4 Å². The molecular formula is C11H9IN4OS. The maximum absolute atomic E-state index is 12.0. The zero-order valence-electron chi connectivity index (χ0n) is 9.50. The summed E-state index contributed by atoms with van der Waals surface area (Å²) in [6.45, 7) is 2.29. The van der Waals surface area contributed by atoms with Gasteiger partial charge in [0, 0.05) is 17.8 Å². The van der Waals surface area contributed by atoms with Gasteiger partial charge in [-0.1, -0.05) is 0 Å². The Balaban J connectivity index is 2.00. The molecule has 0 aliphatic rings. The van der Waals surface area contributed by atoms with Gasteiger partial charge in [0.2, 0.25) is 0 Å². The third-order valence-corrected chi connectivity index (χ3v) is 4.65. The highest BCUT2D eigenvalue weighted by atomic mass is 127. The molecule has 3 aromatic heterocycles. The Kier molecular flexibility index (Phi) is 2.94. The lowest BCUT2D eigenvalue weighted by atomic mass is 10.4. The summed E-state index contributed by atoms with van der Waals surface area (Å²) in [6, 6.07) is 0. The van der Waals surface area contributed by atoms with Crippen molar-refractivity contribution in [1.82, 2.24) is 18.9 Å². The molecule has 92 valence electrons. The number of hydrogen-bond donors (Lipinski definition) is 0. The molecule has 0 unspecified atom stereocenters. The molecule has 0 radical (unpaired) electrons.